The maximum atomic E-state index is 11.4. The number of anilines is 1. The molecule has 0 unspecified atom stereocenters. The highest BCUT2D eigenvalue weighted by Gasteiger charge is 2.31. The van der Waals surface area contributed by atoms with Crippen LogP contribution in [-0.2, 0) is 11.4 Å². The van der Waals surface area contributed by atoms with E-state index in [9.17, 15) is 4.79 Å². The first kappa shape index (κ1) is 15.3. The molecule has 6 heteroatoms. The number of nitrogens with one attached hydrogen (secondary N) is 1. The lowest BCUT2D eigenvalue weighted by atomic mass is 10.0. The molecule has 1 heterocycles. The van der Waals surface area contributed by atoms with Crippen molar-refractivity contribution in [1.82, 2.24) is 9.97 Å². The predicted molar refractivity (Wildman–Crippen MR) is 86.8 cm³/mol. The minimum absolute atomic E-state index is 0.00290. The molecule has 1 aromatic carbocycles. The number of primary amides is 1. The number of aromatic nitrogens is 2. The summed E-state index contributed by atoms with van der Waals surface area (Å²) >= 11 is 0. The van der Waals surface area contributed by atoms with E-state index in [4.69, 9.17) is 10.5 Å². The molecule has 1 saturated carbocycles. The molecule has 3 N–H and O–H groups in total. The summed E-state index contributed by atoms with van der Waals surface area (Å²) < 4.78 is 5.69. The van der Waals surface area contributed by atoms with Crippen LogP contribution in [0.3, 0.4) is 0 Å². The average Bonchev–Trinajstić information content (AvgIpc) is 3.03. The van der Waals surface area contributed by atoms with Crippen molar-refractivity contribution in [2.45, 2.75) is 31.9 Å². The summed E-state index contributed by atoms with van der Waals surface area (Å²) in [5.41, 5.74) is 6.51. The summed E-state index contributed by atoms with van der Waals surface area (Å²) in [6.45, 7) is 0.449. The Hall–Kier alpha value is -2.63. The van der Waals surface area contributed by atoms with Crippen molar-refractivity contribution in [1.29, 1.82) is 0 Å². The molecule has 0 aliphatic heterocycles. The van der Waals surface area contributed by atoms with Crippen molar-refractivity contribution >= 4 is 11.9 Å². The van der Waals surface area contributed by atoms with E-state index >= 15 is 0 Å². The summed E-state index contributed by atoms with van der Waals surface area (Å²) in [5.74, 6) is 0.540. The Labute approximate surface area is 135 Å². The van der Waals surface area contributed by atoms with Crippen molar-refractivity contribution < 1.29 is 9.53 Å². The van der Waals surface area contributed by atoms with Gasteiger partial charge in [-0.25, -0.2) is 4.98 Å². The van der Waals surface area contributed by atoms with Crippen molar-refractivity contribution in [2.24, 2.45) is 11.7 Å². The van der Waals surface area contributed by atoms with Gasteiger partial charge in [0.2, 0.25) is 17.7 Å². The molecule has 23 heavy (non-hydrogen) atoms. The van der Waals surface area contributed by atoms with E-state index in [1.165, 1.54) is 0 Å². The number of benzene rings is 1. The second-order valence-electron chi connectivity index (χ2n) is 5.68. The number of hydrogen-bond donors (Lipinski definition) is 2. The molecular formula is C17H20N4O2. The largest absolute Gasteiger partial charge is 0.473 e. The second-order valence-corrected chi connectivity index (χ2v) is 5.68. The molecular weight excluding hydrogens is 292 g/mol. The topological polar surface area (TPSA) is 90.1 Å². The van der Waals surface area contributed by atoms with Gasteiger partial charge in [0.25, 0.3) is 0 Å². The Bertz CT molecular complexity index is 663. The molecule has 1 aliphatic carbocycles. The number of nitrogens with two attached hydrogens (primary N) is 1. The lowest BCUT2D eigenvalue weighted by molar-refractivity contribution is -0.121. The van der Waals surface area contributed by atoms with Crippen molar-refractivity contribution in [3.05, 3.63) is 48.2 Å². The zero-order valence-electron chi connectivity index (χ0n) is 12.8. The molecule has 2 aromatic rings. The third kappa shape index (κ3) is 3.97. The molecule has 1 amide bonds. The van der Waals surface area contributed by atoms with E-state index in [0.717, 1.165) is 24.8 Å². The summed E-state index contributed by atoms with van der Waals surface area (Å²) in [4.78, 5) is 20.0. The molecule has 0 spiro atoms. The number of rotatable bonds is 6. The van der Waals surface area contributed by atoms with Gasteiger partial charge in [-0.15, -0.1) is 0 Å². The smallest absolute Gasteiger partial charge is 0.226 e. The van der Waals surface area contributed by atoms with Crippen molar-refractivity contribution in [2.75, 3.05) is 5.32 Å². The molecule has 3 rings (SSSR count). The molecule has 1 fully saturated rings. The molecule has 0 bridgehead atoms. The van der Waals surface area contributed by atoms with E-state index in [0.29, 0.717) is 18.4 Å². The van der Waals surface area contributed by atoms with E-state index in [2.05, 4.69) is 15.3 Å². The number of hydrogen-bond acceptors (Lipinski definition) is 5. The van der Waals surface area contributed by atoms with Crippen molar-refractivity contribution in [3.63, 3.8) is 0 Å². The highest BCUT2D eigenvalue weighted by atomic mass is 16.5. The zero-order chi connectivity index (χ0) is 16.1. The van der Waals surface area contributed by atoms with E-state index in [1.54, 1.807) is 12.3 Å². The number of ether oxygens (including phenoxy) is 1. The van der Waals surface area contributed by atoms with Crippen LogP contribution in [-0.4, -0.2) is 21.9 Å². The zero-order valence-corrected chi connectivity index (χ0v) is 12.8. The fraction of sp³-hybridized carbons (Fsp3) is 0.353. The molecule has 1 aromatic heterocycles. The molecule has 0 radical (unpaired) electrons. The van der Waals surface area contributed by atoms with Gasteiger partial charge in [0, 0.05) is 18.3 Å². The quantitative estimate of drug-likeness (QED) is 0.852. The summed E-state index contributed by atoms with van der Waals surface area (Å²) in [6.07, 6.45) is 4.34. The molecule has 0 saturated heterocycles. The van der Waals surface area contributed by atoms with E-state index in [1.807, 2.05) is 30.3 Å². The van der Waals surface area contributed by atoms with Gasteiger partial charge in [0.05, 0.1) is 5.92 Å². The fourth-order valence-electron chi connectivity index (χ4n) is 2.86. The summed E-state index contributed by atoms with van der Waals surface area (Å²) in [5, 5.41) is 3.21. The molecule has 2 atom stereocenters. The molecule has 1 aliphatic rings. The fourth-order valence-corrected chi connectivity index (χ4v) is 2.86. The second kappa shape index (κ2) is 7.09. The third-order valence-electron chi connectivity index (χ3n) is 4.06. The lowest BCUT2D eigenvalue weighted by Crippen LogP contribution is -2.34. The lowest BCUT2D eigenvalue weighted by Gasteiger charge is -2.18. The Balaban J connectivity index is 1.62. The molecule has 120 valence electrons. The number of nitrogens with zero attached hydrogens (tertiary/aromatic N) is 2. The highest BCUT2D eigenvalue weighted by Crippen LogP contribution is 2.27. The minimum atomic E-state index is -0.267. The van der Waals surface area contributed by atoms with Crippen LogP contribution < -0.4 is 15.8 Å². The van der Waals surface area contributed by atoms with Crippen LogP contribution >= 0.6 is 0 Å². The van der Waals surface area contributed by atoms with Crippen LogP contribution in [0.25, 0.3) is 0 Å². The van der Waals surface area contributed by atoms with Crippen LogP contribution in [0.2, 0.25) is 0 Å². The predicted octanol–water partition coefficient (Wildman–Crippen LogP) is 2.12. The maximum Gasteiger partial charge on any atom is 0.226 e. The van der Waals surface area contributed by atoms with Gasteiger partial charge in [-0.1, -0.05) is 36.8 Å². The van der Waals surface area contributed by atoms with Crippen molar-refractivity contribution in [3.8, 4) is 5.88 Å². The van der Waals surface area contributed by atoms with Gasteiger partial charge in [-0.2, -0.15) is 4.98 Å². The molecule has 6 nitrogen and oxygen atoms in total. The van der Waals surface area contributed by atoms with Gasteiger partial charge in [-0.05, 0) is 18.4 Å². The van der Waals surface area contributed by atoms with Crippen LogP contribution in [0.5, 0.6) is 5.88 Å². The first-order valence-corrected chi connectivity index (χ1v) is 7.78. The Morgan fingerprint density at radius 3 is 2.87 bits per heavy atom. The van der Waals surface area contributed by atoms with Gasteiger partial charge in [0.15, 0.2) is 0 Å². The standard InChI is InChI=1S/C17H20N4O2/c18-16(22)13-7-4-8-14(13)20-17-19-10-9-15(21-17)23-11-12-5-2-1-3-6-12/h1-3,5-6,9-10,13-14H,4,7-8,11H2,(H2,18,22)(H,19,20,21)/t13-,14+/m1/s1. The van der Waals surface area contributed by atoms with Crippen LogP contribution in [0.4, 0.5) is 5.95 Å². The van der Waals surface area contributed by atoms with Gasteiger partial charge >= 0.3 is 0 Å². The first-order chi connectivity index (χ1) is 11.2. The Morgan fingerprint density at radius 2 is 2.09 bits per heavy atom. The van der Waals surface area contributed by atoms with E-state index in [-0.39, 0.29) is 17.9 Å². The van der Waals surface area contributed by atoms with Gasteiger partial charge in [-0.3, -0.25) is 4.79 Å². The van der Waals surface area contributed by atoms with E-state index < -0.39 is 0 Å². The Kier molecular flexibility index (Phi) is 4.71. The monoisotopic (exact) mass is 312 g/mol. The van der Waals surface area contributed by atoms with Crippen LogP contribution in [0.1, 0.15) is 24.8 Å². The third-order valence-corrected chi connectivity index (χ3v) is 4.06. The summed E-state index contributed by atoms with van der Waals surface area (Å²) in [7, 11) is 0. The minimum Gasteiger partial charge on any atom is -0.473 e. The first-order valence-electron chi connectivity index (χ1n) is 7.78. The Morgan fingerprint density at radius 1 is 1.26 bits per heavy atom. The summed E-state index contributed by atoms with van der Waals surface area (Å²) in [6, 6.07) is 11.6. The normalized spacial score (nSPS) is 20.2. The van der Waals surface area contributed by atoms with Gasteiger partial charge < -0.3 is 15.8 Å². The van der Waals surface area contributed by atoms with Crippen LogP contribution in [0.15, 0.2) is 42.6 Å². The number of carbonyl (C=O) groups excluding carboxylic acids is 1. The van der Waals surface area contributed by atoms with Gasteiger partial charge in [0.1, 0.15) is 6.61 Å². The number of amides is 1. The maximum absolute atomic E-state index is 11.4. The highest BCUT2D eigenvalue weighted by molar-refractivity contribution is 5.78. The average molecular weight is 312 g/mol. The number of carbonyl (C=O) groups is 1. The SMILES string of the molecule is NC(=O)[C@@H]1CCC[C@@H]1Nc1nccc(OCc2ccccc2)n1. The van der Waals surface area contributed by atoms with Crippen LogP contribution in [0, 0.1) is 5.92 Å².